The molecular weight excluding hydrogens is 282 g/mol. The Morgan fingerprint density at radius 2 is 1.80 bits per heavy atom. The van der Waals surface area contributed by atoms with E-state index in [0.29, 0.717) is 37.9 Å². The molecule has 1 fully saturated rings. The smallest absolute Gasteiger partial charge is 0.276 e. The highest BCUT2D eigenvalue weighted by atomic mass is 32.2. The van der Waals surface area contributed by atoms with Crippen LogP contribution in [-0.2, 0) is 10.2 Å². The first-order valence-corrected chi connectivity index (χ1v) is 8.14. The Bertz CT molecular complexity index is 548. The molecule has 114 valence electrons. The Morgan fingerprint density at radius 1 is 1.20 bits per heavy atom. The minimum Gasteiger partial charge on any atom is -0.338 e. The predicted octanol–water partition coefficient (Wildman–Crippen LogP) is 0.0751. The highest BCUT2D eigenvalue weighted by molar-refractivity contribution is 7.86. The van der Waals surface area contributed by atoms with Crippen LogP contribution in [-0.4, -0.2) is 53.9 Å². The molecule has 2 heterocycles. The van der Waals surface area contributed by atoms with Crippen LogP contribution in [0.4, 0.5) is 0 Å². The SMILES string of the molecule is CC(C)c1noc(C(C)N2CCN(S(N)(=O)=O)CC2)n1. The fraction of sp³-hybridized carbons (Fsp3) is 0.818. The highest BCUT2D eigenvalue weighted by Gasteiger charge is 2.29. The summed E-state index contributed by atoms with van der Waals surface area (Å²) in [5, 5.41) is 9.06. The van der Waals surface area contributed by atoms with Crippen molar-refractivity contribution >= 4 is 10.2 Å². The summed E-state index contributed by atoms with van der Waals surface area (Å²) in [5.41, 5.74) is 0. The summed E-state index contributed by atoms with van der Waals surface area (Å²) in [5.74, 6) is 1.48. The first-order chi connectivity index (χ1) is 9.29. The van der Waals surface area contributed by atoms with Crippen LogP contribution in [0.2, 0.25) is 0 Å². The molecule has 1 saturated heterocycles. The van der Waals surface area contributed by atoms with Crippen molar-refractivity contribution in [2.24, 2.45) is 5.14 Å². The van der Waals surface area contributed by atoms with Gasteiger partial charge in [-0.2, -0.15) is 17.7 Å². The Kier molecular flexibility index (Phi) is 4.43. The number of piperazine rings is 1. The third-order valence-electron chi connectivity index (χ3n) is 3.51. The summed E-state index contributed by atoms with van der Waals surface area (Å²) in [7, 11) is -3.59. The van der Waals surface area contributed by atoms with Gasteiger partial charge in [-0.25, -0.2) is 5.14 Å². The molecule has 1 atom stereocenters. The molecule has 1 unspecified atom stereocenters. The van der Waals surface area contributed by atoms with Crippen LogP contribution in [0.15, 0.2) is 4.52 Å². The van der Waals surface area contributed by atoms with Gasteiger partial charge >= 0.3 is 0 Å². The van der Waals surface area contributed by atoms with Crippen molar-refractivity contribution in [2.75, 3.05) is 26.2 Å². The van der Waals surface area contributed by atoms with Crippen LogP contribution >= 0.6 is 0 Å². The van der Waals surface area contributed by atoms with Crippen molar-refractivity contribution in [3.8, 4) is 0 Å². The van der Waals surface area contributed by atoms with Crippen LogP contribution in [0.1, 0.15) is 44.4 Å². The van der Waals surface area contributed by atoms with Gasteiger partial charge in [0.2, 0.25) is 5.89 Å². The van der Waals surface area contributed by atoms with Crippen LogP contribution in [0.25, 0.3) is 0 Å². The van der Waals surface area contributed by atoms with Crippen molar-refractivity contribution in [3.05, 3.63) is 11.7 Å². The summed E-state index contributed by atoms with van der Waals surface area (Å²) in [6.45, 7) is 7.94. The number of rotatable bonds is 4. The van der Waals surface area contributed by atoms with Gasteiger partial charge in [0.15, 0.2) is 5.82 Å². The third-order valence-corrected chi connectivity index (χ3v) is 4.60. The molecule has 0 bridgehead atoms. The van der Waals surface area contributed by atoms with Gasteiger partial charge in [0, 0.05) is 32.1 Å². The average Bonchev–Trinajstić information content (AvgIpc) is 2.86. The van der Waals surface area contributed by atoms with Gasteiger partial charge in [0.25, 0.3) is 10.2 Å². The Morgan fingerprint density at radius 3 is 2.25 bits per heavy atom. The molecule has 0 spiro atoms. The molecule has 2 N–H and O–H groups in total. The van der Waals surface area contributed by atoms with Crippen molar-refractivity contribution in [2.45, 2.75) is 32.7 Å². The largest absolute Gasteiger partial charge is 0.338 e. The number of hydrogen-bond acceptors (Lipinski definition) is 6. The van der Waals surface area contributed by atoms with Gasteiger partial charge in [-0.05, 0) is 6.92 Å². The Balaban J connectivity index is 1.99. The molecule has 0 saturated carbocycles. The van der Waals surface area contributed by atoms with Crippen molar-refractivity contribution in [1.82, 2.24) is 19.3 Å². The second kappa shape index (κ2) is 5.76. The van der Waals surface area contributed by atoms with Gasteiger partial charge in [-0.15, -0.1) is 0 Å². The van der Waals surface area contributed by atoms with E-state index in [1.807, 2.05) is 20.8 Å². The quantitative estimate of drug-likeness (QED) is 0.844. The minimum atomic E-state index is -3.59. The standard InChI is InChI=1S/C11H21N5O3S/c1-8(2)10-13-11(19-14-10)9(3)15-4-6-16(7-5-15)20(12,17)18/h8-9H,4-7H2,1-3H3,(H2,12,17,18). The van der Waals surface area contributed by atoms with E-state index in [9.17, 15) is 8.42 Å². The summed E-state index contributed by atoms with van der Waals surface area (Å²) in [4.78, 5) is 6.49. The lowest BCUT2D eigenvalue weighted by Crippen LogP contribution is -2.51. The van der Waals surface area contributed by atoms with Crippen molar-refractivity contribution in [1.29, 1.82) is 0 Å². The molecule has 20 heavy (non-hydrogen) atoms. The van der Waals surface area contributed by atoms with Gasteiger partial charge in [0.1, 0.15) is 0 Å². The van der Waals surface area contributed by atoms with E-state index in [-0.39, 0.29) is 12.0 Å². The third kappa shape index (κ3) is 3.35. The zero-order chi connectivity index (χ0) is 14.9. The molecule has 0 aromatic carbocycles. The van der Waals surface area contributed by atoms with Crippen LogP contribution in [0.5, 0.6) is 0 Å². The molecule has 1 aliphatic heterocycles. The number of nitrogens with two attached hydrogens (primary N) is 1. The van der Waals surface area contributed by atoms with Crippen molar-refractivity contribution < 1.29 is 12.9 Å². The summed E-state index contributed by atoms with van der Waals surface area (Å²) >= 11 is 0. The number of hydrogen-bond donors (Lipinski definition) is 1. The fourth-order valence-corrected chi connectivity index (χ4v) is 2.83. The second-order valence-corrected chi connectivity index (χ2v) is 6.85. The molecule has 8 nitrogen and oxygen atoms in total. The fourth-order valence-electron chi connectivity index (χ4n) is 2.15. The molecule has 1 aromatic rings. The number of nitrogens with zero attached hydrogens (tertiary/aromatic N) is 4. The van der Waals surface area contributed by atoms with E-state index >= 15 is 0 Å². The normalized spacial score (nSPS) is 20.4. The van der Waals surface area contributed by atoms with E-state index in [1.165, 1.54) is 4.31 Å². The summed E-state index contributed by atoms with van der Waals surface area (Å²) in [6.07, 6.45) is 0. The van der Waals surface area contributed by atoms with Gasteiger partial charge in [-0.3, -0.25) is 4.90 Å². The van der Waals surface area contributed by atoms with E-state index < -0.39 is 10.2 Å². The molecule has 0 amide bonds. The summed E-state index contributed by atoms with van der Waals surface area (Å²) < 4.78 is 29.1. The predicted molar refractivity (Wildman–Crippen MR) is 73.1 cm³/mol. The molecule has 2 rings (SSSR count). The van der Waals surface area contributed by atoms with E-state index in [0.717, 1.165) is 0 Å². The van der Waals surface area contributed by atoms with Crippen LogP contribution < -0.4 is 5.14 Å². The van der Waals surface area contributed by atoms with Crippen LogP contribution in [0, 0.1) is 0 Å². The number of aromatic nitrogens is 2. The molecule has 0 aliphatic carbocycles. The van der Waals surface area contributed by atoms with Gasteiger partial charge in [-0.1, -0.05) is 19.0 Å². The van der Waals surface area contributed by atoms with Crippen molar-refractivity contribution in [3.63, 3.8) is 0 Å². The monoisotopic (exact) mass is 303 g/mol. The zero-order valence-corrected chi connectivity index (χ0v) is 12.8. The van der Waals surface area contributed by atoms with E-state index in [4.69, 9.17) is 9.66 Å². The topological polar surface area (TPSA) is 106 Å². The molecule has 0 radical (unpaired) electrons. The molecular formula is C11H21N5O3S. The maximum absolute atomic E-state index is 11.3. The molecule has 9 heteroatoms. The summed E-state index contributed by atoms with van der Waals surface area (Å²) in [6, 6.07) is -0.0300. The Labute approximate surface area is 119 Å². The first kappa shape index (κ1) is 15.4. The minimum absolute atomic E-state index is 0.0300. The van der Waals surface area contributed by atoms with Gasteiger partial charge in [0.05, 0.1) is 6.04 Å². The lowest BCUT2D eigenvalue weighted by atomic mass is 10.2. The van der Waals surface area contributed by atoms with Gasteiger partial charge < -0.3 is 4.52 Å². The maximum atomic E-state index is 11.3. The zero-order valence-electron chi connectivity index (χ0n) is 12.0. The first-order valence-electron chi connectivity index (χ1n) is 6.64. The van der Waals surface area contributed by atoms with E-state index in [2.05, 4.69) is 15.0 Å². The lowest BCUT2D eigenvalue weighted by Gasteiger charge is -2.35. The second-order valence-electron chi connectivity index (χ2n) is 5.30. The molecule has 1 aliphatic rings. The average molecular weight is 303 g/mol. The maximum Gasteiger partial charge on any atom is 0.276 e. The molecule has 1 aromatic heterocycles. The van der Waals surface area contributed by atoms with E-state index in [1.54, 1.807) is 0 Å². The van der Waals surface area contributed by atoms with Crippen LogP contribution in [0.3, 0.4) is 0 Å². The highest BCUT2D eigenvalue weighted by Crippen LogP contribution is 2.22. The lowest BCUT2D eigenvalue weighted by molar-refractivity contribution is 0.124. The Hall–Kier alpha value is -1.03.